The smallest absolute Gasteiger partial charge is 0.318 e. The van der Waals surface area contributed by atoms with Crippen molar-refractivity contribution in [1.29, 1.82) is 0 Å². The second-order valence-corrected chi connectivity index (χ2v) is 11.9. The lowest BCUT2D eigenvalue weighted by Crippen LogP contribution is -2.52. The van der Waals surface area contributed by atoms with Crippen LogP contribution in [0.3, 0.4) is 0 Å². The molecule has 2 heterocycles. The zero-order chi connectivity index (χ0) is 29.4. The second-order valence-electron chi connectivity index (χ2n) is 11.9. The number of rotatable bonds is 7. The summed E-state index contributed by atoms with van der Waals surface area (Å²) in [6, 6.07) is 8.52. The molecule has 0 radical (unpaired) electrons. The van der Waals surface area contributed by atoms with Gasteiger partial charge in [-0.15, -0.1) is 10.2 Å². The molecule has 1 amide bonds. The van der Waals surface area contributed by atoms with Crippen molar-refractivity contribution >= 4 is 11.6 Å². The van der Waals surface area contributed by atoms with E-state index in [1.165, 1.54) is 53.2 Å². The van der Waals surface area contributed by atoms with E-state index in [1.807, 2.05) is 6.92 Å². The van der Waals surface area contributed by atoms with E-state index in [9.17, 15) is 26.7 Å². The van der Waals surface area contributed by atoms with Gasteiger partial charge in [0.1, 0.15) is 6.33 Å². The van der Waals surface area contributed by atoms with Crippen molar-refractivity contribution in [3.8, 4) is 0 Å². The van der Waals surface area contributed by atoms with Gasteiger partial charge in [0.25, 0.3) is 5.91 Å². The molecule has 218 valence electrons. The summed E-state index contributed by atoms with van der Waals surface area (Å²) >= 11 is 0. The molecule has 2 aromatic carbocycles. The molecule has 0 saturated heterocycles. The Labute approximate surface area is 232 Å². The number of aryl methyl sites for hydroxylation is 1. The number of nitrogens with zero attached hydrogens (tertiary/aromatic N) is 4. The van der Waals surface area contributed by atoms with Crippen LogP contribution in [-0.2, 0) is 31.7 Å². The molecule has 1 aromatic heterocycles. The second kappa shape index (κ2) is 9.30. The van der Waals surface area contributed by atoms with Gasteiger partial charge in [-0.2, -0.15) is 13.2 Å². The van der Waals surface area contributed by atoms with E-state index >= 15 is 4.39 Å². The molecule has 2 fully saturated rings. The quantitative estimate of drug-likeness (QED) is 0.330. The van der Waals surface area contributed by atoms with Crippen molar-refractivity contribution in [3.05, 3.63) is 76.4 Å². The highest BCUT2D eigenvalue weighted by Gasteiger charge is 2.62. The summed E-state index contributed by atoms with van der Waals surface area (Å²) in [5.74, 6) is -3.83. The first-order valence-electron chi connectivity index (χ1n) is 13.5. The maximum atomic E-state index is 15.9. The Hall–Kier alpha value is -3.41. The van der Waals surface area contributed by atoms with Crippen LogP contribution in [0.1, 0.15) is 83.6 Å². The molecular formula is C29H29F6N5O. The molecule has 12 heteroatoms. The number of hydrogen-bond donors (Lipinski definition) is 1. The number of fused-ring (bicyclic) bond motifs is 1. The number of carbonyl (C=O) groups excluding carboxylic acids is 1. The molecule has 1 atom stereocenters. The monoisotopic (exact) mass is 577 g/mol. The fraction of sp³-hybridized carbons (Fsp3) is 0.483. The highest BCUT2D eigenvalue weighted by Crippen LogP contribution is 2.60. The van der Waals surface area contributed by atoms with Gasteiger partial charge < -0.3 is 14.8 Å². The van der Waals surface area contributed by atoms with Gasteiger partial charge in [-0.25, -0.2) is 13.2 Å². The Morgan fingerprint density at radius 2 is 1.85 bits per heavy atom. The van der Waals surface area contributed by atoms with Crippen LogP contribution in [0.25, 0.3) is 0 Å². The fourth-order valence-corrected chi connectivity index (χ4v) is 6.38. The average Bonchev–Trinajstić information content (AvgIpc) is 3.46. The lowest BCUT2D eigenvalue weighted by Gasteiger charge is -2.49. The van der Waals surface area contributed by atoms with Gasteiger partial charge in [-0.05, 0) is 67.1 Å². The molecule has 6 rings (SSSR count). The molecule has 0 unspecified atom stereocenters. The topological polar surface area (TPSA) is 63.1 Å². The minimum atomic E-state index is -4.68. The van der Waals surface area contributed by atoms with Crippen molar-refractivity contribution in [1.82, 2.24) is 20.1 Å². The maximum absolute atomic E-state index is 15.9. The first-order valence-corrected chi connectivity index (χ1v) is 13.5. The van der Waals surface area contributed by atoms with Crippen LogP contribution in [-0.4, -0.2) is 32.1 Å². The third-order valence-corrected chi connectivity index (χ3v) is 8.92. The van der Waals surface area contributed by atoms with Gasteiger partial charge in [0.2, 0.25) is 5.92 Å². The summed E-state index contributed by atoms with van der Waals surface area (Å²) in [4.78, 5) is 14.7. The van der Waals surface area contributed by atoms with E-state index in [0.29, 0.717) is 5.56 Å². The first-order chi connectivity index (χ1) is 19.2. The summed E-state index contributed by atoms with van der Waals surface area (Å²) in [5, 5.41) is 10.7. The van der Waals surface area contributed by atoms with Crippen molar-refractivity contribution in [2.45, 2.75) is 81.3 Å². The molecule has 0 bridgehead atoms. The Kier molecular flexibility index (Phi) is 6.29. The van der Waals surface area contributed by atoms with Crippen molar-refractivity contribution < 1.29 is 31.1 Å². The van der Waals surface area contributed by atoms with Crippen molar-refractivity contribution in [3.63, 3.8) is 0 Å². The van der Waals surface area contributed by atoms with Crippen molar-refractivity contribution in [2.24, 2.45) is 7.05 Å². The lowest BCUT2D eigenvalue weighted by molar-refractivity contribution is -0.151. The minimum absolute atomic E-state index is 0.0480. The summed E-state index contributed by atoms with van der Waals surface area (Å²) in [6.45, 7) is 1.86. The van der Waals surface area contributed by atoms with Crippen LogP contribution in [0.2, 0.25) is 0 Å². The molecule has 1 aliphatic heterocycles. The van der Waals surface area contributed by atoms with Crippen LogP contribution in [0.5, 0.6) is 0 Å². The fourth-order valence-electron chi connectivity index (χ4n) is 6.38. The summed E-state index contributed by atoms with van der Waals surface area (Å²) in [6.07, 6.45) is -3.98. The number of alkyl halides is 6. The number of anilines is 1. The van der Waals surface area contributed by atoms with Gasteiger partial charge in [0, 0.05) is 48.6 Å². The molecule has 6 nitrogen and oxygen atoms in total. The zero-order valence-corrected chi connectivity index (χ0v) is 22.5. The summed E-state index contributed by atoms with van der Waals surface area (Å²) < 4.78 is 88.2. The highest BCUT2D eigenvalue weighted by molar-refractivity contribution is 6.10. The van der Waals surface area contributed by atoms with E-state index in [1.54, 1.807) is 0 Å². The number of nitrogens with one attached hydrogen (secondary N) is 1. The van der Waals surface area contributed by atoms with Crippen LogP contribution in [0.4, 0.5) is 32.0 Å². The SMILES string of the molecule is Cn1cnnc1[C@@H](F)C1(c2cccc(N3Cc4c(cc(CNC5(C)CCC5)cc4C(F)(F)F)C3=O)c2)CC(F)(F)C1. The molecule has 2 aliphatic carbocycles. The molecule has 3 aliphatic rings. The third-order valence-electron chi connectivity index (χ3n) is 8.92. The first kappa shape index (κ1) is 27.7. The molecule has 41 heavy (non-hydrogen) atoms. The normalized spacial score (nSPS) is 21.3. The van der Waals surface area contributed by atoms with Crippen LogP contribution < -0.4 is 10.2 Å². The van der Waals surface area contributed by atoms with Gasteiger partial charge in [-0.3, -0.25) is 4.79 Å². The van der Waals surface area contributed by atoms with E-state index < -0.39 is 48.0 Å². The Morgan fingerprint density at radius 3 is 2.44 bits per heavy atom. The maximum Gasteiger partial charge on any atom is 0.416 e. The van der Waals surface area contributed by atoms with Crippen molar-refractivity contribution in [2.75, 3.05) is 4.90 Å². The highest BCUT2D eigenvalue weighted by atomic mass is 19.4. The number of carbonyl (C=O) groups is 1. The van der Waals surface area contributed by atoms with Gasteiger partial charge in [0.05, 0.1) is 12.1 Å². The average molecular weight is 578 g/mol. The Balaban J connectivity index is 1.34. The van der Waals surface area contributed by atoms with Gasteiger partial charge in [0.15, 0.2) is 12.0 Å². The number of amides is 1. The van der Waals surface area contributed by atoms with Crippen LogP contribution in [0, 0.1) is 0 Å². The van der Waals surface area contributed by atoms with E-state index in [-0.39, 0.29) is 46.8 Å². The van der Waals surface area contributed by atoms with E-state index in [2.05, 4.69) is 15.5 Å². The van der Waals surface area contributed by atoms with Gasteiger partial charge >= 0.3 is 6.18 Å². The minimum Gasteiger partial charge on any atom is -0.318 e. The number of aromatic nitrogens is 3. The standard InChI is InChI=1S/C29H29F6N5O/c1-26(7-4-8-26)36-12-17-9-20-21(22(10-17)29(33,34)35)13-40(25(20)41)19-6-3-5-18(11-19)27(14-28(31,32)15-27)23(30)24-38-37-16-39(24)2/h3,5-6,9-11,16,23,36H,4,7-8,12-15H2,1-2H3/t23-/m1/s1. The molecule has 3 aromatic rings. The third kappa shape index (κ3) is 4.69. The number of benzene rings is 2. The predicted octanol–water partition coefficient (Wildman–Crippen LogP) is 6.40. The predicted molar refractivity (Wildman–Crippen MR) is 138 cm³/mol. The molecule has 1 N–H and O–H groups in total. The molecular weight excluding hydrogens is 548 g/mol. The molecule has 2 saturated carbocycles. The Morgan fingerprint density at radius 1 is 1.12 bits per heavy atom. The van der Waals surface area contributed by atoms with E-state index in [4.69, 9.17) is 0 Å². The summed E-state index contributed by atoms with van der Waals surface area (Å²) in [5.41, 5.74) is -2.06. The summed E-state index contributed by atoms with van der Waals surface area (Å²) in [7, 11) is 1.51. The van der Waals surface area contributed by atoms with Crippen LogP contribution >= 0.6 is 0 Å². The lowest BCUT2D eigenvalue weighted by atomic mass is 9.59. The largest absolute Gasteiger partial charge is 0.416 e. The van der Waals surface area contributed by atoms with Crippen LogP contribution in [0.15, 0.2) is 42.7 Å². The molecule has 0 spiro atoms. The number of hydrogen-bond acceptors (Lipinski definition) is 4. The zero-order valence-electron chi connectivity index (χ0n) is 22.5. The van der Waals surface area contributed by atoms with E-state index in [0.717, 1.165) is 25.3 Å². The van der Waals surface area contributed by atoms with Gasteiger partial charge in [-0.1, -0.05) is 12.1 Å². The Bertz CT molecular complexity index is 1500. The number of halogens is 6.